The Balaban J connectivity index is 2.03. The van der Waals surface area contributed by atoms with E-state index < -0.39 is 0 Å². The van der Waals surface area contributed by atoms with Crippen LogP contribution in [0.3, 0.4) is 0 Å². The number of aliphatic hydroxyl groups is 1. The molecule has 1 saturated heterocycles. The molecule has 0 bridgehead atoms. The van der Waals surface area contributed by atoms with E-state index >= 15 is 0 Å². The molecule has 0 aliphatic carbocycles. The molecule has 1 aromatic heterocycles. The zero-order valence-corrected chi connectivity index (χ0v) is 12.9. The van der Waals surface area contributed by atoms with E-state index in [2.05, 4.69) is 17.2 Å². The molecule has 2 atom stereocenters. The lowest BCUT2D eigenvalue weighted by atomic mass is 9.91. The third-order valence-electron chi connectivity index (χ3n) is 4.02. The number of hydrogen-bond donors (Lipinski definition) is 2. The minimum atomic E-state index is -0.167. The number of carbonyl (C=O) groups is 1. The van der Waals surface area contributed by atoms with Gasteiger partial charge in [-0.3, -0.25) is 0 Å². The Bertz CT molecular complexity index is 475. The fourth-order valence-electron chi connectivity index (χ4n) is 2.70. The molecule has 2 rings (SSSR count). The van der Waals surface area contributed by atoms with E-state index in [1.807, 2.05) is 31.1 Å². The third-order valence-corrected chi connectivity index (χ3v) is 4.02. The summed E-state index contributed by atoms with van der Waals surface area (Å²) in [6.07, 6.45) is 3.67. The second-order valence-corrected chi connectivity index (χ2v) is 5.79. The van der Waals surface area contributed by atoms with Crippen LogP contribution in [-0.4, -0.2) is 54.3 Å². The van der Waals surface area contributed by atoms with Crippen molar-refractivity contribution in [2.75, 3.05) is 37.5 Å². The van der Waals surface area contributed by atoms with Gasteiger partial charge in [0.15, 0.2) is 0 Å². The van der Waals surface area contributed by atoms with Crippen molar-refractivity contribution in [1.29, 1.82) is 0 Å². The quantitative estimate of drug-likeness (QED) is 0.891. The molecule has 1 aliphatic rings. The van der Waals surface area contributed by atoms with Gasteiger partial charge in [0.05, 0.1) is 24.5 Å². The number of rotatable bonds is 3. The average molecular weight is 292 g/mol. The molecule has 1 aromatic rings. The van der Waals surface area contributed by atoms with E-state index in [-0.39, 0.29) is 18.7 Å². The van der Waals surface area contributed by atoms with Gasteiger partial charge in [-0.25, -0.2) is 9.78 Å². The molecular weight excluding hydrogens is 268 g/mol. The average Bonchev–Trinajstić information content (AvgIpc) is 2.47. The van der Waals surface area contributed by atoms with Gasteiger partial charge < -0.3 is 20.2 Å². The molecule has 21 heavy (non-hydrogen) atoms. The fourth-order valence-corrected chi connectivity index (χ4v) is 2.70. The Kier molecular flexibility index (Phi) is 5.01. The first-order chi connectivity index (χ1) is 10.0. The molecule has 0 unspecified atom stereocenters. The van der Waals surface area contributed by atoms with Crippen molar-refractivity contribution in [3.05, 3.63) is 18.3 Å². The Morgan fingerprint density at radius 3 is 2.86 bits per heavy atom. The second kappa shape index (κ2) is 6.76. The van der Waals surface area contributed by atoms with Crippen molar-refractivity contribution >= 4 is 17.5 Å². The smallest absolute Gasteiger partial charge is 0.322 e. The molecule has 0 spiro atoms. The summed E-state index contributed by atoms with van der Waals surface area (Å²) in [5.74, 6) is 1.16. The summed E-state index contributed by atoms with van der Waals surface area (Å²) in [4.78, 5) is 20.3. The lowest BCUT2D eigenvalue weighted by molar-refractivity contribution is 0.0811. The molecule has 0 saturated carbocycles. The second-order valence-electron chi connectivity index (χ2n) is 5.79. The van der Waals surface area contributed by atoms with Gasteiger partial charge in [0.2, 0.25) is 0 Å². The largest absolute Gasteiger partial charge is 0.394 e. The molecule has 0 radical (unpaired) electrons. The molecule has 1 aliphatic heterocycles. The number of aliphatic hydroxyl groups excluding tert-OH is 1. The molecule has 2 N–H and O–H groups in total. The first-order valence-corrected chi connectivity index (χ1v) is 7.34. The van der Waals surface area contributed by atoms with Crippen LogP contribution in [0.5, 0.6) is 0 Å². The molecule has 0 aromatic carbocycles. The molecule has 6 nitrogen and oxygen atoms in total. The lowest BCUT2D eigenvalue weighted by Gasteiger charge is -2.38. The highest BCUT2D eigenvalue weighted by atomic mass is 16.3. The van der Waals surface area contributed by atoms with Crippen molar-refractivity contribution in [2.45, 2.75) is 25.8 Å². The van der Waals surface area contributed by atoms with Gasteiger partial charge in [0.1, 0.15) is 5.82 Å². The van der Waals surface area contributed by atoms with Gasteiger partial charge in [0.25, 0.3) is 0 Å². The number of carbonyl (C=O) groups excluding carboxylic acids is 1. The summed E-state index contributed by atoms with van der Waals surface area (Å²) in [6.45, 7) is 2.77. The summed E-state index contributed by atoms with van der Waals surface area (Å²) >= 11 is 0. The molecule has 2 amide bonds. The van der Waals surface area contributed by atoms with Crippen molar-refractivity contribution in [1.82, 2.24) is 9.88 Å². The maximum Gasteiger partial charge on any atom is 0.322 e. The van der Waals surface area contributed by atoms with Crippen LogP contribution in [0.25, 0.3) is 0 Å². The minimum Gasteiger partial charge on any atom is -0.394 e. The predicted molar refractivity (Wildman–Crippen MR) is 83.6 cm³/mol. The van der Waals surface area contributed by atoms with Gasteiger partial charge in [-0.1, -0.05) is 6.92 Å². The van der Waals surface area contributed by atoms with Crippen molar-refractivity contribution in [3.63, 3.8) is 0 Å². The summed E-state index contributed by atoms with van der Waals surface area (Å²) in [7, 11) is 3.84. The van der Waals surface area contributed by atoms with E-state index in [4.69, 9.17) is 0 Å². The zero-order chi connectivity index (χ0) is 15.4. The number of likely N-dealkylation sites (tertiary alicyclic amines) is 1. The highest BCUT2D eigenvalue weighted by molar-refractivity contribution is 5.89. The Morgan fingerprint density at radius 1 is 1.52 bits per heavy atom. The minimum absolute atomic E-state index is 0.00635. The van der Waals surface area contributed by atoms with Gasteiger partial charge in [-0.05, 0) is 30.9 Å². The highest BCUT2D eigenvalue weighted by Gasteiger charge is 2.31. The van der Waals surface area contributed by atoms with Crippen LogP contribution in [0.1, 0.15) is 19.8 Å². The van der Waals surface area contributed by atoms with Crippen LogP contribution >= 0.6 is 0 Å². The summed E-state index contributed by atoms with van der Waals surface area (Å²) < 4.78 is 0. The number of piperidine rings is 1. The Hall–Kier alpha value is -1.82. The number of anilines is 2. The highest BCUT2D eigenvalue weighted by Crippen LogP contribution is 2.24. The van der Waals surface area contributed by atoms with Crippen LogP contribution in [-0.2, 0) is 0 Å². The lowest BCUT2D eigenvalue weighted by Crippen LogP contribution is -2.51. The molecule has 116 valence electrons. The molecule has 1 fully saturated rings. The third kappa shape index (κ3) is 3.64. The van der Waals surface area contributed by atoms with Crippen molar-refractivity contribution in [3.8, 4) is 0 Å². The number of nitrogens with one attached hydrogen (secondary N) is 1. The standard InChI is InChI=1S/C15H24N4O2/c1-11-5-4-8-19(13(11)10-20)15(21)17-12-6-7-14(16-9-12)18(2)3/h6-7,9,11,13,20H,4-5,8,10H2,1-3H3,(H,17,21)/t11-,13+/m1/s1. The van der Waals surface area contributed by atoms with Crippen LogP contribution in [0, 0.1) is 5.92 Å². The van der Waals surface area contributed by atoms with Gasteiger partial charge in [-0.15, -0.1) is 0 Å². The van der Waals surface area contributed by atoms with Gasteiger partial charge in [0, 0.05) is 20.6 Å². The topological polar surface area (TPSA) is 68.7 Å². The monoisotopic (exact) mass is 292 g/mol. The number of amides is 2. The van der Waals surface area contributed by atoms with Crippen LogP contribution in [0.4, 0.5) is 16.3 Å². The maximum absolute atomic E-state index is 12.4. The zero-order valence-electron chi connectivity index (χ0n) is 12.9. The van der Waals surface area contributed by atoms with Crippen molar-refractivity contribution in [2.24, 2.45) is 5.92 Å². The molecule has 6 heteroatoms. The molecular formula is C15H24N4O2. The SMILES string of the molecule is C[C@@H]1CCCN(C(=O)Nc2ccc(N(C)C)nc2)[C@H]1CO. The summed E-state index contributed by atoms with van der Waals surface area (Å²) in [5, 5.41) is 12.4. The number of urea groups is 1. The number of pyridine rings is 1. The van der Waals surface area contributed by atoms with E-state index in [0.717, 1.165) is 18.7 Å². The van der Waals surface area contributed by atoms with Gasteiger partial charge in [-0.2, -0.15) is 0 Å². The number of hydrogen-bond acceptors (Lipinski definition) is 4. The first kappa shape index (κ1) is 15.6. The summed E-state index contributed by atoms with van der Waals surface area (Å²) in [5.41, 5.74) is 0.667. The van der Waals surface area contributed by atoms with Crippen LogP contribution in [0.15, 0.2) is 18.3 Å². The number of nitrogens with zero attached hydrogens (tertiary/aromatic N) is 3. The van der Waals surface area contributed by atoms with Crippen LogP contribution in [0.2, 0.25) is 0 Å². The Labute approximate surface area is 125 Å². The van der Waals surface area contributed by atoms with Crippen LogP contribution < -0.4 is 10.2 Å². The van der Waals surface area contributed by atoms with Gasteiger partial charge >= 0.3 is 6.03 Å². The van der Waals surface area contributed by atoms with E-state index in [9.17, 15) is 9.90 Å². The fraction of sp³-hybridized carbons (Fsp3) is 0.600. The normalized spacial score (nSPS) is 22.0. The van der Waals surface area contributed by atoms with E-state index in [1.54, 1.807) is 11.1 Å². The summed E-state index contributed by atoms with van der Waals surface area (Å²) in [6, 6.07) is 3.42. The molecule has 2 heterocycles. The van der Waals surface area contributed by atoms with E-state index in [0.29, 0.717) is 18.2 Å². The van der Waals surface area contributed by atoms with E-state index in [1.165, 1.54) is 0 Å². The maximum atomic E-state index is 12.4. The Morgan fingerprint density at radius 2 is 2.29 bits per heavy atom. The first-order valence-electron chi connectivity index (χ1n) is 7.34. The van der Waals surface area contributed by atoms with Crippen molar-refractivity contribution < 1.29 is 9.90 Å². The predicted octanol–water partition coefficient (Wildman–Crippen LogP) is 1.77. The number of aromatic nitrogens is 1.